The van der Waals surface area contributed by atoms with Gasteiger partial charge in [0, 0.05) is 11.8 Å². The zero-order valence-corrected chi connectivity index (χ0v) is 17.1. The normalized spacial score (nSPS) is 16.6. The summed E-state index contributed by atoms with van der Waals surface area (Å²) in [7, 11) is -1.48. The number of nitrogens with one attached hydrogen (secondary N) is 1. The summed E-state index contributed by atoms with van der Waals surface area (Å²) in [6.45, 7) is 1.58. The lowest BCUT2D eigenvalue weighted by Crippen LogP contribution is -2.21. The zero-order valence-electron chi connectivity index (χ0n) is 14.7. The van der Waals surface area contributed by atoms with Gasteiger partial charge in [-0.25, -0.2) is 19.2 Å². The van der Waals surface area contributed by atoms with Crippen molar-refractivity contribution in [1.82, 2.24) is 9.97 Å². The van der Waals surface area contributed by atoms with Crippen molar-refractivity contribution in [2.75, 3.05) is 11.9 Å². The number of anilines is 1. The van der Waals surface area contributed by atoms with Gasteiger partial charge in [0.05, 0.1) is 17.2 Å². The Morgan fingerprint density at radius 2 is 2.14 bits per heavy atom. The van der Waals surface area contributed by atoms with Gasteiger partial charge in [-0.1, -0.05) is 29.4 Å². The lowest BCUT2D eigenvalue weighted by Gasteiger charge is -2.14. The van der Waals surface area contributed by atoms with Gasteiger partial charge in [0.25, 0.3) is 0 Å². The highest BCUT2D eigenvalue weighted by Gasteiger charge is 2.32. The number of aromatic nitrogens is 2. The summed E-state index contributed by atoms with van der Waals surface area (Å²) in [5, 5.41) is 12.4. The van der Waals surface area contributed by atoms with E-state index in [1.807, 2.05) is 0 Å². The van der Waals surface area contributed by atoms with Crippen LogP contribution in [0, 0.1) is 0 Å². The molecule has 2 N–H and O–H groups in total. The second-order valence-electron chi connectivity index (χ2n) is 5.87. The third-order valence-corrected chi connectivity index (χ3v) is 5.83. The monoisotopic (exact) mass is 466 g/mol. The Morgan fingerprint density at radius 3 is 2.79 bits per heavy atom. The number of rotatable bonds is 7. The molecule has 3 rings (SSSR count). The highest BCUT2D eigenvalue weighted by molar-refractivity contribution is 7.99. The number of benzene rings is 1. The Hall–Kier alpha value is -1.89. The van der Waals surface area contributed by atoms with E-state index < -0.39 is 22.9 Å². The number of halogens is 4. The quantitative estimate of drug-likeness (QED) is 0.472. The summed E-state index contributed by atoms with van der Waals surface area (Å²) >= 11 is 7.05. The van der Waals surface area contributed by atoms with E-state index in [1.165, 1.54) is 29.4 Å². The van der Waals surface area contributed by atoms with E-state index in [9.17, 15) is 22.5 Å². The predicted octanol–water partition coefficient (Wildman–Crippen LogP) is 3.89. The molecule has 2 aromatic rings. The van der Waals surface area contributed by atoms with Crippen molar-refractivity contribution in [1.29, 1.82) is 0 Å². The van der Waals surface area contributed by atoms with Crippen LogP contribution in [0.1, 0.15) is 12.5 Å². The summed E-state index contributed by atoms with van der Waals surface area (Å²) in [5.41, 5.74) is 1.88. The van der Waals surface area contributed by atoms with Crippen molar-refractivity contribution >= 4 is 51.3 Å². The van der Waals surface area contributed by atoms with E-state index in [-0.39, 0.29) is 23.5 Å². The molecule has 0 amide bonds. The van der Waals surface area contributed by atoms with Gasteiger partial charge in [0.2, 0.25) is 0 Å². The molecule has 1 unspecified atom stereocenters. The van der Waals surface area contributed by atoms with Gasteiger partial charge in [0.1, 0.15) is 27.3 Å². The van der Waals surface area contributed by atoms with Crippen LogP contribution in [0.3, 0.4) is 0 Å². The molecule has 13 heteroatoms. The molecule has 0 saturated carbocycles. The van der Waals surface area contributed by atoms with Crippen molar-refractivity contribution in [3.05, 3.63) is 28.8 Å². The maximum atomic E-state index is 12.3. The van der Waals surface area contributed by atoms with E-state index in [4.69, 9.17) is 11.6 Å². The van der Waals surface area contributed by atoms with Gasteiger partial charge >= 0.3 is 6.36 Å². The van der Waals surface area contributed by atoms with Crippen molar-refractivity contribution in [3.8, 4) is 5.75 Å². The number of fused-ring (bicyclic) bond motifs is 1. The van der Waals surface area contributed by atoms with E-state index >= 15 is 0 Å². The van der Waals surface area contributed by atoms with Gasteiger partial charge in [-0.05, 0) is 24.6 Å². The van der Waals surface area contributed by atoms with Crippen LogP contribution in [0.5, 0.6) is 5.75 Å². The number of aliphatic hydroxyl groups excluding tert-OH is 1. The number of hydrogen-bond acceptors (Lipinski definition) is 8. The number of thioether (sulfide) groups is 1. The van der Waals surface area contributed by atoms with Crippen molar-refractivity contribution in [3.63, 3.8) is 0 Å². The first-order valence-electron chi connectivity index (χ1n) is 8.07. The third-order valence-electron chi connectivity index (χ3n) is 3.55. The van der Waals surface area contributed by atoms with Gasteiger partial charge < -0.3 is 15.2 Å². The van der Waals surface area contributed by atoms with Crippen LogP contribution >= 0.6 is 23.4 Å². The molecule has 1 aromatic heterocycles. The second kappa shape index (κ2) is 8.86. The molecule has 2 atom stereocenters. The first-order valence-corrected chi connectivity index (χ1v) is 10.6. The van der Waals surface area contributed by atoms with E-state index in [1.54, 1.807) is 6.92 Å². The number of alkyl halides is 3. The smallest absolute Gasteiger partial charge is 0.404 e. The molecule has 1 aromatic carbocycles. The highest BCUT2D eigenvalue weighted by Crippen LogP contribution is 2.35. The maximum absolute atomic E-state index is 12.3. The fourth-order valence-corrected chi connectivity index (χ4v) is 4.17. The highest BCUT2D eigenvalue weighted by atomic mass is 35.5. The summed E-state index contributed by atoms with van der Waals surface area (Å²) in [4.78, 5) is 12.9. The van der Waals surface area contributed by atoms with Gasteiger partial charge in [-0.15, -0.1) is 13.2 Å². The van der Waals surface area contributed by atoms with Crippen molar-refractivity contribution in [2.45, 2.75) is 35.1 Å². The Morgan fingerprint density at radius 1 is 1.38 bits per heavy atom. The SMILES string of the molecule is C[C@H](CO)Nc1nc(SCc2ccc(OC(F)(F)F)c(Cl)c2)nc2c1S(=O)C=N2. The molecule has 0 aliphatic carbocycles. The van der Waals surface area contributed by atoms with Crippen LogP contribution in [-0.2, 0) is 16.6 Å². The molecule has 7 nitrogen and oxygen atoms in total. The van der Waals surface area contributed by atoms with Gasteiger partial charge in [0.15, 0.2) is 11.0 Å². The molecule has 156 valence electrons. The average Bonchev–Trinajstić information content (AvgIpc) is 3.02. The Labute approximate surface area is 175 Å². The van der Waals surface area contributed by atoms with E-state index in [0.717, 1.165) is 6.07 Å². The number of aliphatic hydroxyl groups is 1. The number of hydrogen-bond donors (Lipinski definition) is 2. The first-order chi connectivity index (χ1) is 13.7. The Balaban J connectivity index is 1.77. The van der Waals surface area contributed by atoms with E-state index in [0.29, 0.717) is 27.2 Å². The maximum Gasteiger partial charge on any atom is 0.573 e. The lowest BCUT2D eigenvalue weighted by atomic mass is 10.2. The van der Waals surface area contributed by atoms with Crippen LogP contribution in [0.25, 0.3) is 0 Å². The fraction of sp³-hybridized carbons (Fsp3) is 0.312. The summed E-state index contributed by atoms with van der Waals surface area (Å²) in [5.74, 6) is 0.400. The molecule has 0 bridgehead atoms. The summed E-state index contributed by atoms with van der Waals surface area (Å²) < 4.78 is 52.9. The molecule has 0 fully saturated rings. The second-order valence-corrected chi connectivity index (χ2v) is 8.43. The largest absolute Gasteiger partial charge is 0.573 e. The standard InChI is InChI=1S/C16H14ClF3N4O3S2/c1-8(5-25)22-14-12-13(21-7-29(12)26)23-15(24-14)28-6-9-2-3-11(10(17)4-9)27-16(18,19)20/h2-4,7-8,25H,5-6H2,1H3,(H,22,23,24)/t8-,29?/m1/s1. The Bertz CT molecular complexity index is 975. The molecule has 1 aliphatic heterocycles. The number of aliphatic imine (C=N–C) groups is 1. The molecular formula is C16H14ClF3N4O3S2. The van der Waals surface area contributed by atoms with Crippen LogP contribution in [0.2, 0.25) is 5.02 Å². The summed E-state index contributed by atoms with van der Waals surface area (Å²) in [6, 6.07) is 3.62. The first kappa shape index (κ1) is 21.8. The van der Waals surface area contributed by atoms with Crippen LogP contribution in [-0.4, -0.2) is 43.8 Å². The molecular weight excluding hydrogens is 453 g/mol. The molecule has 2 heterocycles. The third kappa shape index (κ3) is 5.59. The minimum atomic E-state index is -4.83. The van der Waals surface area contributed by atoms with E-state index in [2.05, 4.69) is 25.0 Å². The van der Waals surface area contributed by atoms with Crippen LogP contribution in [0.4, 0.5) is 24.8 Å². The molecule has 0 saturated heterocycles. The Kier molecular flexibility index (Phi) is 6.66. The molecule has 1 aliphatic rings. The average molecular weight is 467 g/mol. The fourth-order valence-electron chi connectivity index (χ4n) is 2.27. The molecule has 29 heavy (non-hydrogen) atoms. The minimum absolute atomic E-state index is 0.153. The van der Waals surface area contributed by atoms with Crippen LogP contribution < -0.4 is 10.1 Å². The van der Waals surface area contributed by atoms with Crippen molar-refractivity contribution < 1.29 is 27.2 Å². The zero-order chi connectivity index (χ0) is 21.2. The number of nitrogens with zero attached hydrogens (tertiary/aromatic N) is 3. The minimum Gasteiger partial charge on any atom is -0.404 e. The lowest BCUT2D eigenvalue weighted by molar-refractivity contribution is -0.274. The van der Waals surface area contributed by atoms with Gasteiger partial charge in [-0.3, -0.25) is 0 Å². The van der Waals surface area contributed by atoms with Crippen LogP contribution in [0.15, 0.2) is 33.2 Å². The topological polar surface area (TPSA) is 96.7 Å². The molecule has 0 radical (unpaired) electrons. The van der Waals surface area contributed by atoms with Crippen molar-refractivity contribution in [2.24, 2.45) is 4.99 Å². The summed E-state index contributed by atoms with van der Waals surface area (Å²) in [6.07, 6.45) is -4.83. The van der Waals surface area contributed by atoms with Gasteiger partial charge in [-0.2, -0.15) is 0 Å². The number of ether oxygens (including phenoxy) is 1. The molecule has 0 spiro atoms. The predicted molar refractivity (Wildman–Crippen MR) is 104 cm³/mol.